The van der Waals surface area contributed by atoms with Crippen LogP contribution in [0, 0.1) is 0 Å². The minimum atomic E-state index is -0.321. The number of rotatable bonds is 4. The molecular weight excluding hydrogens is 392 g/mol. The number of para-hydroxylation sites is 1. The van der Waals surface area contributed by atoms with Crippen molar-refractivity contribution in [1.82, 2.24) is 0 Å². The Kier molecular flexibility index (Phi) is 5.10. The molecule has 1 heterocycles. The Balaban J connectivity index is 1.49. The Morgan fingerprint density at radius 2 is 1.83 bits per heavy atom. The highest BCUT2D eigenvalue weighted by molar-refractivity contribution is 6.30. The highest BCUT2D eigenvalue weighted by atomic mass is 35.5. The van der Waals surface area contributed by atoms with Gasteiger partial charge in [-0.3, -0.25) is 9.59 Å². The van der Waals surface area contributed by atoms with E-state index in [1.54, 1.807) is 73.8 Å². The van der Waals surface area contributed by atoms with Gasteiger partial charge in [0, 0.05) is 23.8 Å². The average molecular weight is 409 g/mol. The number of benzene rings is 3. The summed E-state index contributed by atoms with van der Waals surface area (Å²) in [6, 6.07) is 18.9. The Bertz CT molecular complexity index is 1080. The summed E-state index contributed by atoms with van der Waals surface area (Å²) in [7, 11) is 1.69. The first-order chi connectivity index (χ1) is 14.0. The highest BCUT2D eigenvalue weighted by Gasteiger charge is 2.25. The number of anilines is 2. The predicted octanol–water partition coefficient (Wildman–Crippen LogP) is 4.74. The van der Waals surface area contributed by atoms with Crippen molar-refractivity contribution in [3.63, 3.8) is 0 Å². The van der Waals surface area contributed by atoms with Crippen LogP contribution in [0.5, 0.6) is 17.2 Å². The lowest BCUT2D eigenvalue weighted by Gasteiger charge is -2.17. The quantitative estimate of drug-likeness (QED) is 0.677. The molecule has 29 heavy (non-hydrogen) atoms. The molecule has 2 amide bonds. The summed E-state index contributed by atoms with van der Waals surface area (Å²) in [6.07, 6.45) is 0. The van der Waals surface area contributed by atoms with Crippen LogP contribution in [0.1, 0.15) is 10.4 Å². The molecule has 0 aromatic heterocycles. The second-order valence-electron chi connectivity index (χ2n) is 6.44. The van der Waals surface area contributed by atoms with E-state index in [-0.39, 0.29) is 18.4 Å². The largest absolute Gasteiger partial charge is 0.484 e. The van der Waals surface area contributed by atoms with Gasteiger partial charge in [0.2, 0.25) is 0 Å². The minimum Gasteiger partial charge on any atom is -0.484 e. The van der Waals surface area contributed by atoms with Gasteiger partial charge in [-0.25, -0.2) is 0 Å². The maximum Gasteiger partial charge on any atom is 0.262 e. The molecule has 0 aliphatic carbocycles. The standard InChI is InChI=1S/C22H17ClN2O4/c1-25-18-11-8-15(24-21(26)13-28-16-9-6-14(23)7-10-16)12-20(18)29-19-5-3-2-4-17(19)22(25)27/h2-12H,13H2,1H3,(H,24,26). The van der Waals surface area contributed by atoms with E-state index in [1.165, 1.54) is 4.90 Å². The van der Waals surface area contributed by atoms with Crippen molar-refractivity contribution in [1.29, 1.82) is 0 Å². The van der Waals surface area contributed by atoms with Crippen molar-refractivity contribution < 1.29 is 19.1 Å². The van der Waals surface area contributed by atoms with Crippen LogP contribution < -0.4 is 19.7 Å². The number of halogens is 1. The number of nitrogens with one attached hydrogen (secondary N) is 1. The van der Waals surface area contributed by atoms with Crippen LogP contribution >= 0.6 is 11.6 Å². The molecule has 3 aromatic rings. The number of hydrogen-bond donors (Lipinski definition) is 1. The van der Waals surface area contributed by atoms with Crippen LogP contribution in [0.3, 0.4) is 0 Å². The zero-order chi connectivity index (χ0) is 20.4. The Morgan fingerprint density at radius 1 is 1.07 bits per heavy atom. The van der Waals surface area contributed by atoms with E-state index in [4.69, 9.17) is 21.1 Å². The number of carbonyl (C=O) groups is 2. The molecule has 0 saturated carbocycles. The van der Waals surface area contributed by atoms with Crippen LogP contribution in [-0.2, 0) is 4.79 Å². The molecule has 1 N–H and O–H groups in total. The second kappa shape index (κ2) is 7.85. The van der Waals surface area contributed by atoms with Crippen LogP contribution in [-0.4, -0.2) is 25.5 Å². The number of fused-ring (bicyclic) bond motifs is 2. The zero-order valence-electron chi connectivity index (χ0n) is 15.5. The molecule has 3 aromatic carbocycles. The fourth-order valence-corrected chi connectivity index (χ4v) is 3.09. The van der Waals surface area contributed by atoms with Crippen molar-refractivity contribution in [2.45, 2.75) is 0 Å². The molecule has 0 unspecified atom stereocenters. The number of hydrogen-bond acceptors (Lipinski definition) is 4. The third-order valence-corrected chi connectivity index (χ3v) is 4.68. The van der Waals surface area contributed by atoms with E-state index in [9.17, 15) is 9.59 Å². The highest BCUT2D eigenvalue weighted by Crippen LogP contribution is 2.39. The molecule has 0 fully saturated rings. The van der Waals surface area contributed by atoms with Gasteiger partial charge in [0.1, 0.15) is 11.5 Å². The maximum absolute atomic E-state index is 12.7. The van der Waals surface area contributed by atoms with Gasteiger partial charge in [0.05, 0.1) is 11.3 Å². The first-order valence-electron chi connectivity index (χ1n) is 8.88. The Hall–Kier alpha value is -3.51. The molecule has 0 bridgehead atoms. The van der Waals surface area contributed by atoms with Gasteiger partial charge >= 0.3 is 0 Å². The van der Waals surface area contributed by atoms with Crippen molar-refractivity contribution in [2.24, 2.45) is 0 Å². The fourth-order valence-electron chi connectivity index (χ4n) is 2.97. The van der Waals surface area contributed by atoms with Crippen molar-refractivity contribution in [3.8, 4) is 17.2 Å². The van der Waals surface area contributed by atoms with E-state index in [1.807, 2.05) is 0 Å². The lowest BCUT2D eigenvalue weighted by atomic mass is 10.2. The third-order valence-electron chi connectivity index (χ3n) is 4.43. The average Bonchev–Trinajstić information content (AvgIpc) is 2.82. The molecule has 1 aliphatic heterocycles. The van der Waals surface area contributed by atoms with Crippen LogP contribution in [0.4, 0.5) is 11.4 Å². The summed E-state index contributed by atoms with van der Waals surface area (Å²) >= 11 is 5.83. The molecule has 4 rings (SSSR count). The number of nitrogens with zero attached hydrogens (tertiary/aromatic N) is 1. The van der Waals surface area contributed by atoms with E-state index in [2.05, 4.69) is 5.32 Å². The first kappa shape index (κ1) is 18.8. The van der Waals surface area contributed by atoms with E-state index >= 15 is 0 Å². The number of ether oxygens (including phenoxy) is 2. The van der Waals surface area contributed by atoms with Gasteiger partial charge in [-0.15, -0.1) is 0 Å². The molecular formula is C22H17ClN2O4. The predicted molar refractivity (Wildman–Crippen MR) is 111 cm³/mol. The topological polar surface area (TPSA) is 67.9 Å². The maximum atomic E-state index is 12.7. The van der Waals surface area contributed by atoms with Crippen molar-refractivity contribution in [2.75, 3.05) is 23.9 Å². The van der Waals surface area contributed by atoms with E-state index in [0.717, 1.165) is 0 Å². The summed E-state index contributed by atoms with van der Waals surface area (Å²) in [4.78, 5) is 26.4. The zero-order valence-corrected chi connectivity index (χ0v) is 16.3. The number of carbonyl (C=O) groups excluding carboxylic acids is 2. The summed E-state index contributed by atoms with van der Waals surface area (Å²) < 4.78 is 11.4. The molecule has 6 nitrogen and oxygen atoms in total. The SMILES string of the molecule is CN1C(=O)c2ccccc2Oc2cc(NC(=O)COc3ccc(Cl)cc3)ccc21. The molecule has 1 aliphatic rings. The summed E-state index contributed by atoms with van der Waals surface area (Å²) in [5.41, 5.74) is 1.63. The minimum absolute atomic E-state index is 0.152. The summed E-state index contributed by atoms with van der Waals surface area (Å²) in [6.45, 7) is -0.152. The van der Waals surface area contributed by atoms with Gasteiger partial charge in [-0.1, -0.05) is 23.7 Å². The fraction of sp³-hybridized carbons (Fsp3) is 0.0909. The number of amides is 2. The Labute approximate surface area is 172 Å². The third kappa shape index (κ3) is 4.02. The van der Waals surface area contributed by atoms with Crippen LogP contribution in [0.25, 0.3) is 0 Å². The van der Waals surface area contributed by atoms with Crippen LogP contribution in [0.2, 0.25) is 5.02 Å². The monoisotopic (exact) mass is 408 g/mol. The first-order valence-corrected chi connectivity index (χ1v) is 9.26. The molecule has 0 radical (unpaired) electrons. The van der Waals surface area contributed by atoms with Gasteiger partial charge < -0.3 is 19.7 Å². The molecule has 0 saturated heterocycles. The van der Waals surface area contributed by atoms with Gasteiger partial charge in [0.15, 0.2) is 12.4 Å². The lowest BCUT2D eigenvalue weighted by molar-refractivity contribution is -0.118. The van der Waals surface area contributed by atoms with Crippen molar-refractivity contribution >= 4 is 34.8 Å². The van der Waals surface area contributed by atoms with Crippen molar-refractivity contribution in [3.05, 3.63) is 77.3 Å². The normalized spacial score (nSPS) is 12.3. The smallest absolute Gasteiger partial charge is 0.262 e. The van der Waals surface area contributed by atoms with E-state index < -0.39 is 0 Å². The van der Waals surface area contributed by atoms with Gasteiger partial charge in [0.25, 0.3) is 11.8 Å². The molecule has 146 valence electrons. The summed E-state index contributed by atoms with van der Waals surface area (Å²) in [5, 5.41) is 3.36. The molecule has 0 spiro atoms. The molecule has 7 heteroatoms. The van der Waals surface area contributed by atoms with E-state index in [0.29, 0.717) is 39.2 Å². The van der Waals surface area contributed by atoms with Gasteiger partial charge in [-0.2, -0.15) is 0 Å². The van der Waals surface area contributed by atoms with Crippen LogP contribution in [0.15, 0.2) is 66.7 Å². The Morgan fingerprint density at radius 3 is 2.62 bits per heavy atom. The lowest BCUT2D eigenvalue weighted by Crippen LogP contribution is -2.25. The molecule has 0 atom stereocenters. The second-order valence-corrected chi connectivity index (χ2v) is 6.87. The van der Waals surface area contributed by atoms with Gasteiger partial charge in [-0.05, 0) is 48.5 Å². The summed E-state index contributed by atoms with van der Waals surface area (Å²) in [5.74, 6) is 1.01.